The van der Waals surface area contributed by atoms with E-state index in [9.17, 15) is 0 Å². The van der Waals surface area contributed by atoms with E-state index in [1.165, 1.54) is 121 Å². The van der Waals surface area contributed by atoms with Crippen LogP contribution in [0.25, 0.3) is 44.5 Å². The maximum atomic E-state index is 2.58. The van der Waals surface area contributed by atoms with Gasteiger partial charge in [-0.1, -0.05) is 162 Å². The minimum Gasteiger partial charge on any atom is -0.310 e. The molecule has 0 saturated heterocycles. The van der Waals surface area contributed by atoms with Gasteiger partial charge in [-0.3, -0.25) is 0 Å². The first-order valence-electron chi connectivity index (χ1n) is 19.9. The van der Waals surface area contributed by atoms with Gasteiger partial charge in [0, 0.05) is 33.2 Å². The Morgan fingerprint density at radius 3 is 1.48 bits per heavy atom. The second kappa shape index (κ2) is 11.2. The van der Waals surface area contributed by atoms with E-state index < -0.39 is 0 Å². The molecule has 1 fully saturated rings. The molecular weight excluding hydrogens is 651 g/mol. The molecule has 54 heavy (non-hydrogen) atoms. The Morgan fingerprint density at radius 2 is 0.815 bits per heavy atom. The van der Waals surface area contributed by atoms with Crippen LogP contribution in [0.15, 0.2) is 152 Å². The Labute approximate surface area is 320 Å². The van der Waals surface area contributed by atoms with Crippen molar-refractivity contribution in [3.63, 3.8) is 0 Å². The zero-order chi connectivity index (χ0) is 36.4. The standard InChI is InChI=1S/C53H45N/c1-51(2)44-22-9-5-16-36(44)39-28-26-34(32-47(39)51)54(35-27-29-40-37-17-7-11-24-46(37)53(48(40)33-35)30-13-14-31-53)49-25-12-8-19-41(49)43-21-15-20-42-38-18-6-10-23-45(38)52(3,4)50(42)43/h5-12,15-29,32-33H,13-14,30-31H2,1-4H3. The number of anilines is 3. The van der Waals surface area contributed by atoms with Crippen molar-refractivity contribution in [3.8, 4) is 44.5 Å². The molecule has 0 aromatic heterocycles. The lowest BCUT2D eigenvalue weighted by Crippen LogP contribution is -2.21. The quantitative estimate of drug-likeness (QED) is 0.177. The first kappa shape index (κ1) is 31.8. The Hall–Kier alpha value is -5.66. The summed E-state index contributed by atoms with van der Waals surface area (Å²) in [5, 5.41) is 0. The third-order valence-electron chi connectivity index (χ3n) is 13.8. The Bertz CT molecular complexity index is 2680. The van der Waals surface area contributed by atoms with Crippen LogP contribution in [-0.2, 0) is 16.2 Å². The highest BCUT2D eigenvalue weighted by Crippen LogP contribution is 2.59. The summed E-state index contributed by atoms with van der Waals surface area (Å²) >= 11 is 0. The summed E-state index contributed by atoms with van der Waals surface area (Å²) in [6.07, 6.45) is 4.99. The number of hydrogen-bond donors (Lipinski definition) is 0. The fourth-order valence-electron chi connectivity index (χ4n) is 11.3. The maximum Gasteiger partial charge on any atom is 0.0540 e. The van der Waals surface area contributed by atoms with Gasteiger partial charge in [-0.15, -0.1) is 0 Å². The number of para-hydroxylation sites is 1. The molecule has 4 aliphatic carbocycles. The largest absolute Gasteiger partial charge is 0.310 e. The molecule has 0 heterocycles. The molecular formula is C53H45N. The molecule has 1 saturated carbocycles. The van der Waals surface area contributed by atoms with Gasteiger partial charge in [-0.25, -0.2) is 0 Å². The van der Waals surface area contributed by atoms with Crippen LogP contribution in [0.5, 0.6) is 0 Å². The molecule has 11 rings (SSSR count). The molecule has 0 radical (unpaired) electrons. The number of hydrogen-bond acceptors (Lipinski definition) is 1. The summed E-state index contributed by atoms with van der Waals surface area (Å²) in [4.78, 5) is 2.58. The predicted molar refractivity (Wildman–Crippen MR) is 226 cm³/mol. The second-order valence-corrected chi connectivity index (χ2v) is 17.2. The first-order valence-corrected chi connectivity index (χ1v) is 19.9. The number of rotatable bonds is 4. The van der Waals surface area contributed by atoms with Crippen LogP contribution >= 0.6 is 0 Å². The lowest BCUT2D eigenvalue weighted by molar-refractivity contribution is 0.550. The van der Waals surface area contributed by atoms with Crippen molar-refractivity contribution >= 4 is 17.1 Å². The average molecular weight is 696 g/mol. The summed E-state index contributed by atoms with van der Waals surface area (Å²) in [7, 11) is 0. The van der Waals surface area contributed by atoms with Gasteiger partial charge in [0.25, 0.3) is 0 Å². The van der Waals surface area contributed by atoms with Gasteiger partial charge in [-0.2, -0.15) is 0 Å². The SMILES string of the molecule is CC1(C)c2ccccc2-c2ccc(N(c3ccc4c(c3)C3(CCCC3)c3ccccc3-4)c3ccccc3-c3cccc4c3C(C)(C)c3ccccc3-4)cc21. The van der Waals surface area contributed by atoms with E-state index in [-0.39, 0.29) is 16.2 Å². The average Bonchev–Trinajstić information content (AvgIpc) is 3.93. The Kier molecular flexibility index (Phi) is 6.59. The minimum atomic E-state index is -0.127. The number of nitrogens with zero attached hydrogens (tertiary/aromatic N) is 1. The molecule has 0 atom stereocenters. The molecule has 4 aliphatic rings. The second-order valence-electron chi connectivity index (χ2n) is 17.2. The molecule has 0 amide bonds. The third-order valence-corrected chi connectivity index (χ3v) is 13.8. The van der Waals surface area contributed by atoms with Crippen LogP contribution in [0.2, 0.25) is 0 Å². The van der Waals surface area contributed by atoms with Crippen molar-refractivity contribution in [1.82, 2.24) is 0 Å². The van der Waals surface area contributed by atoms with Crippen LogP contribution in [0, 0.1) is 0 Å². The van der Waals surface area contributed by atoms with Gasteiger partial charge in [-0.05, 0) is 115 Å². The van der Waals surface area contributed by atoms with E-state index in [4.69, 9.17) is 0 Å². The molecule has 1 spiro atoms. The summed E-state index contributed by atoms with van der Waals surface area (Å²) in [5.74, 6) is 0. The first-order chi connectivity index (χ1) is 26.3. The Balaban J connectivity index is 1.16. The van der Waals surface area contributed by atoms with E-state index in [1.807, 2.05) is 0 Å². The zero-order valence-corrected chi connectivity index (χ0v) is 31.7. The zero-order valence-electron chi connectivity index (χ0n) is 31.7. The highest BCUT2D eigenvalue weighted by Gasteiger charge is 2.45. The summed E-state index contributed by atoms with van der Waals surface area (Å²) < 4.78 is 0. The van der Waals surface area contributed by atoms with Crippen molar-refractivity contribution in [1.29, 1.82) is 0 Å². The maximum absolute atomic E-state index is 2.58. The van der Waals surface area contributed by atoms with Crippen LogP contribution in [0.3, 0.4) is 0 Å². The van der Waals surface area contributed by atoms with Crippen LogP contribution < -0.4 is 4.90 Å². The molecule has 7 aromatic rings. The van der Waals surface area contributed by atoms with Gasteiger partial charge in [0.2, 0.25) is 0 Å². The van der Waals surface area contributed by atoms with Crippen molar-refractivity contribution in [3.05, 3.63) is 185 Å². The smallest absolute Gasteiger partial charge is 0.0540 e. The minimum absolute atomic E-state index is 0.0880. The Morgan fingerprint density at radius 1 is 0.370 bits per heavy atom. The number of fused-ring (bicyclic) bond motifs is 11. The van der Waals surface area contributed by atoms with Gasteiger partial charge in [0.05, 0.1) is 5.69 Å². The van der Waals surface area contributed by atoms with Crippen molar-refractivity contribution in [2.45, 2.75) is 69.6 Å². The highest BCUT2D eigenvalue weighted by atomic mass is 15.1. The van der Waals surface area contributed by atoms with E-state index in [0.717, 1.165) is 0 Å². The monoisotopic (exact) mass is 695 g/mol. The van der Waals surface area contributed by atoms with Gasteiger partial charge in [0.15, 0.2) is 0 Å². The van der Waals surface area contributed by atoms with Gasteiger partial charge in [0.1, 0.15) is 0 Å². The molecule has 0 bridgehead atoms. The van der Waals surface area contributed by atoms with E-state index >= 15 is 0 Å². The van der Waals surface area contributed by atoms with Gasteiger partial charge < -0.3 is 4.90 Å². The molecule has 1 nitrogen and oxygen atoms in total. The predicted octanol–water partition coefficient (Wildman–Crippen LogP) is 14.3. The van der Waals surface area contributed by atoms with E-state index in [0.29, 0.717) is 0 Å². The molecule has 0 aliphatic heterocycles. The van der Waals surface area contributed by atoms with Crippen molar-refractivity contribution in [2.24, 2.45) is 0 Å². The highest BCUT2D eigenvalue weighted by molar-refractivity contribution is 5.96. The summed E-state index contributed by atoms with van der Waals surface area (Å²) in [6, 6.07) is 57.9. The molecule has 0 unspecified atom stereocenters. The lowest BCUT2D eigenvalue weighted by Gasteiger charge is -2.32. The summed E-state index contributed by atoms with van der Waals surface area (Å²) in [6.45, 7) is 9.59. The fourth-order valence-corrected chi connectivity index (χ4v) is 11.3. The third kappa shape index (κ3) is 4.16. The normalized spacial score (nSPS) is 17.0. The lowest BCUT2D eigenvalue weighted by atomic mass is 9.76. The molecule has 262 valence electrons. The molecule has 1 heteroatoms. The van der Waals surface area contributed by atoms with Crippen LogP contribution in [-0.4, -0.2) is 0 Å². The van der Waals surface area contributed by atoms with Crippen molar-refractivity contribution in [2.75, 3.05) is 4.90 Å². The number of benzene rings is 7. The summed E-state index contributed by atoms with van der Waals surface area (Å²) in [5.41, 5.74) is 23.0. The topological polar surface area (TPSA) is 3.24 Å². The van der Waals surface area contributed by atoms with E-state index in [1.54, 1.807) is 0 Å². The van der Waals surface area contributed by atoms with Crippen LogP contribution in [0.4, 0.5) is 17.1 Å². The van der Waals surface area contributed by atoms with Crippen molar-refractivity contribution < 1.29 is 0 Å². The van der Waals surface area contributed by atoms with Gasteiger partial charge >= 0.3 is 0 Å². The molecule has 7 aromatic carbocycles. The molecule has 0 N–H and O–H groups in total. The van der Waals surface area contributed by atoms with Crippen LogP contribution in [0.1, 0.15) is 86.8 Å². The fraction of sp³-hybridized carbons (Fsp3) is 0.208. The van der Waals surface area contributed by atoms with E-state index in [2.05, 4.69) is 184 Å².